The third-order valence-electron chi connectivity index (χ3n) is 3.56. The fourth-order valence-corrected chi connectivity index (χ4v) is 2.46. The van der Waals surface area contributed by atoms with Crippen molar-refractivity contribution in [1.29, 1.82) is 0 Å². The van der Waals surface area contributed by atoms with Gasteiger partial charge in [-0.2, -0.15) is 0 Å². The minimum absolute atomic E-state index is 0.802. The normalized spacial score (nSPS) is 31.8. The van der Waals surface area contributed by atoms with E-state index in [1.165, 1.54) is 32.1 Å². The predicted octanol–water partition coefficient (Wildman–Crippen LogP) is 3.22. The molecular weight excluding hydrogens is 120 g/mol. The highest BCUT2D eigenvalue weighted by atomic mass is 14.5. The van der Waals surface area contributed by atoms with Gasteiger partial charge < -0.3 is 0 Å². The molecule has 0 nitrogen and oxygen atoms in total. The molecule has 58 valence electrons. The van der Waals surface area contributed by atoms with Crippen molar-refractivity contribution in [2.24, 2.45) is 17.3 Å². The Morgan fingerprint density at radius 3 is 2.30 bits per heavy atom. The molecule has 0 aromatic carbocycles. The van der Waals surface area contributed by atoms with Crippen molar-refractivity contribution in [3.05, 3.63) is 0 Å². The molecule has 2 saturated carbocycles. The summed E-state index contributed by atoms with van der Waals surface area (Å²) < 4.78 is 0. The number of hydrogen-bond acceptors (Lipinski definition) is 0. The molecule has 1 unspecified atom stereocenters. The van der Waals surface area contributed by atoms with Crippen molar-refractivity contribution in [3.8, 4) is 0 Å². The topological polar surface area (TPSA) is 0 Å². The average Bonchev–Trinajstić information content (AvgIpc) is 2.70. The van der Waals surface area contributed by atoms with E-state index in [0.717, 1.165) is 17.3 Å². The summed E-state index contributed by atoms with van der Waals surface area (Å²) in [5.41, 5.74) is 0.802. The van der Waals surface area contributed by atoms with Crippen LogP contribution in [-0.4, -0.2) is 0 Å². The zero-order valence-electron chi connectivity index (χ0n) is 7.19. The van der Waals surface area contributed by atoms with E-state index in [0.29, 0.717) is 0 Å². The van der Waals surface area contributed by atoms with Gasteiger partial charge in [0.25, 0.3) is 0 Å². The average molecular weight is 138 g/mol. The Balaban J connectivity index is 1.97. The van der Waals surface area contributed by atoms with Crippen LogP contribution in [0.25, 0.3) is 0 Å². The first-order valence-electron chi connectivity index (χ1n) is 4.76. The molecule has 0 saturated heterocycles. The van der Waals surface area contributed by atoms with Crippen LogP contribution in [0.1, 0.15) is 46.0 Å². The molecular formula is C10H18. The molecule has 2 aliphatic carbocycles. The van der Waals surface area contributed by atoms with Gasteiger partial charge in [-0.05, 0) is 42.9 Å². The summed E-state index contributed by atoms with van der Waals surface area (Å²) in [5, 5.41) is 0. The van der Waals surface area contributed by atoms with Crippen molar-refractivity contribution >= 4 is 0 Å². The highest BCUT2D eigenvalue weighted by Crippen LogP contribution is 2.59. The third-order valence-corrected chi connectivity index (χ3v) is 3.56. The van der Waals surface area contributed by atoms with Crippen LogP contribution in [0.5, 0.6) is 0 Å². The third kappa shape index (κ3) is 0.980. The van der Waals surface area contributed by atoms with Gasteiger partial charge in [-0.25, -0.2) is 0 Å². The smallest absolute Gasteiger partial charge is 0.0295 e. The largest absolute Gasteiger partial charge is 0.0651 e. The fraction of sp³-hybridized carbons (Fsp3) is 1.00. The van der Waals surface area contributed by atoms with Crippen LogP contribution in [0.15, 0.2) is 0 Å². The van der Waals surface area contributed by atoms with Crippen molar-refractivity contribution in [2.45, 2.75) is 46.0 Å². The number of hydrogen-bond donors (Lipinski definition) is 0. The van der Waals surface area contributed by atoms with Gasteiger partial charge in [0.05, 0.1) is 0 Å². The van der Waals surface area contributed by atoms with Gasteiger partial charge >= 0.3 is 0 Å². The molecule has 0 N–H and O–H groups in total. The summed E-state index contributed by atoms with van der Waals surface area (Å²) in [4.78, 5) is 0. The fourth-order valence-electron chi connectivity index (χ4n) is 2.46. The lowest BCUT2D eigenvalue weighted by atomic mass is 9.84. The Morgan fingerprint density at radius 2 is 2.00 bits per heavy atom. The lowest BCUT2D eigenvalue weighted by Gasteiger charge is -2.20. The van der Waals surface area contributed by atoms with Gasteiger partial charge in [-0.3, -0.25) is 0 Å². The van der Waals surface area contributed by atoms with Crippen molar-refractivity contribution < 1.29 is 0 Å². The Labute approximate surface area is 64.0 Å². The van der Waals surface area contributed by atoms with E-state index in [9.17, 15) is 0 Å². The molecule has 0 spiro atoms. The quantitative estimate of drug-likeness (QED) is 0.561. The monoisotopic (exact) mass is 138 g/mol. The summed E-state index contributed by atoms with van der Waals surface area (Å²) in [5.74, 6) is 2.23. The van der Waals surface area contributed by atoms with Crippen LogP contribution in [0.4, 0.5) is 0 Å². The first-order valence-corrected chi connectivity index (χ1v) is 4.76. The molecule has 2 aliphatic rings. The molecule has 2 rings (SSSR count). The van der Waals surface area contributed by atoms with Crippen molar-refractivity contribution in [3.63, 3.8) is 0 Å². The Hall–Kier alpha value is 0. The molecule has 0 aromatic heterocycles. The van der Waals surface area contributed by atoms with Crippen LogP contribution in [0.2, 0.25) is 0 Å². The maximum absolute atomic E-state index is 2.49. The first kappa shape index (κ1) is 6.69. The number of rotatable bonds is 3. The van der Waals surface area contributed by atoms with E-state index in [1.54, 1.807) is 0 Å². The van der Waals surface area contributed by atoms with Crippen molar-refractivity contribution in [1.82, 2.24) is 0 Å². The molecule has 1 atom stereocenters. The molecule has 0 aliphatic heterocycles. The zero-order valence-corrected chi connectivity index (χ0v) is 7.19. The molecule has 0 radical (unpaired) electrons. The van der Waals surface area contributed by atoms with E-state index in [2.05, 4.69) is 13.8 Å². The van der Waals surface area contributed by atoms with Gasteiger partial charge in [0.15, 0.2) is 0 Å². The second kappa shape index (κ2) is 1.99. The Kier molecular flexibility index (Phi) is 1.33. The van der Waals surface area contributed by atoms with Gasteiger partial charge in [-0.1, -0.05) is 20.3 Å². The molecule has 0 aromatic rings. The van der Waals surface area contributed by atoms with Crippen LogP contribution in [0.3, 0.4) is 0 Å². The Morgan fingerprint density at radius 1 is 1.40 bits per heavy atom. The van der Waals surface area contributed by atoms with E-state index in [-0.39, 0.29) is 0 Å². The lowest BCUT2D eigenvalue weighted by molar-refractivity contribution is 0.285. The molecule has 0 heterocycles. The maximum Gasteiger partial charge on any atom is -0.0295 e. The summed E-state index contributed by atoms with van der Waals surface area (Å²) >= 11 is 0. The van der Waals surface area contributed by atoms with Crippen molar-refractivity contribution in [2.75, 3.05) is 0 Å². The van der Waals surface area contributed by atoms with Crippen LogP contribution in [0, 0.1) is 17.3 Å². The molecule has 0 amide bonds. The SMILES string of the molecule is CCC(C1CC1)C1(C)CC1. The second-order valence-electron chi connectivity index (χ2n) is 4.51. The van der Waals surface area contributed by atoms with Crippen LogP contribution < -0.4 is 0 Å². The predicted molar refractivity (Wildman–Crippen MR) is 43.8 cm³/mol. The maximum atomic E-state index is 2.49. The summed E-state index contributed by atoms with van der Waals surface area (Å²) in [7, 11) is 0. The highest BCUT2D eigenvalue weighted by molar-refractivity contribution is 4.99. The van der Waals surface area contributed by atoms with Gasteiger partial charge in [0, 0.05) is 0 Å². The van der Waals surface area contributed by atoms with Gasteiger partial charge in [0.1, 0.15) is 0 Å². The van der Waals surface area contributed by atoms with E-state index < -0.39 is 0 Å². The van der Waals surface area contributed by atoms with E-state index in [1.807, 2.05) is 0 Å². The van der Waals surface area contributed by atoms with Crippen LogP contribution >= 0.6 is 0 Å². The van der Waals surface area contributed by atoms with Gasteiger partial charge in [0.2, 0.25) is 0 Å². The summed E-state index contributed by atoms with van der Waals surface area (Å²) in [6.07, 6.45) is 7.54. The van der Waals surface area contributed by atoms with Gasteiger partial charge in [-0.15, -0.1) is 0 Å². The minimum atomic E-state index is 0.802. The Bertz CT molecular complexity index is 129. The first-order chi connectivity index (χ1) is 4.76. The molecule has 0 bridgehead atoms. The second-order valence-corrected chi connectivity index (χ2v) is 4.51. The zero-order chi connectivity index (χ0) is 7.19. The molecule has 0 heteroatoms. The summed E-state index contributed by atoms with van der Waals surface area (Å²) in [6.45, 7) is 4.85. The van der Waals surface area contributed by atoms with E-state index >= 15 is 0 Å². The van der Waals surface area contributed by atoms with Crippen LogP contribution in [-0.2, 0) is 0 Å². The standard InChI is InChI=1S/C10H18/c1-3-9(8-4-5-8)10(2)6-7-10/h8-9H,3-7H2,1-2H3. The lowest BCUT2D eigenvalue weighted by Crippen LogP contribution is -2.13. The minimum Gasteiger partial charge on any atom is -0.0651 e. The summed E-state index contributed by atoms with van der Waals surface area (Å²) in [6, 6.07) is 0. The van der Waals surface area contributed by atoms with E-state index in [4.69, 9.17) is 0 Å². The molecule has 10 heavy (non-hydrogen) atoms. The highest BCUT2D eigenvalue weighted by Gasteiger charge is 2.49. The molecule has 2 fully saturated rings.